The van der Waals surface area contributed by atoms with Crippen LogP contribution in [0.3, 0.4) is 0 Å². The number of aryl methyl sites for hydroxylation is 1. The fourth-order valence-corrected chi connectivity index (χ4v) is 2.44. The highest BCUT2D eigenvalue weighted by Gasteiger charge is 2.20. The largest absolute Gasteiger partial charge is 0.462 e. The van der Waals surface area contributed by atoms with Crippen molar-refractivity contribution in [3.05, 3.63) is 17.5 Å². The van der Waals surface area contributed by atoms with E-state index in [1.807, 2.05) is 7.05 Å². The molecule has 1 aliphatic carbocycles. The van der Waals surface area contributed by atoms with E-state index < -0.39 is 0 Å². The summed E-state index contributed by atoms with van der Waals surface area (Å²) in [7, 11) is 1.82. The van der Waals surface area contributed by atoms with Crippen molar-refractivity contribution in [2.45, 2.75) is 51.7 Å². The molecule has 0 unspecified atom stereocenters. The van der Waals surface area contributed by atoms with E-state index in [0.29, 0.717) is 24.9 Å². The SMILES string of the molecule is CCOC(=O)c1cnn(C)c1COC1CCCCC1. The monoisotopic (exact) mass is 266 g/mol. The third-order valence-electron chi connectivity index (χ3n) is 3.56. The molecular formula is C14H22N2O3. The van der Waals surface area contributed by atoms with Crippen LogP contribution in [0.15, 0.2) is 6.20 Å². The Hall–Kier alpha value is -1.36. The van der Waals surface area contributed by atoms with Gasteiger partial charge in [-0.15, -0.1) is 0 Å². The van der Waals surface area contributed by atoms with Gasteiger partial charge in [0.15, 0.2) is 0 Å². The molecule has 5 nitrogen and oxygen atoms in total. The number of hydrogen-bond acceptors (Lipinski definition) is 4. The van der Waals surface area contributed by atoms with E-state index in [4.69, 9.17) is 9.47 Å². The molecule has 0 radical (unpaired) electrons. The second kappa shape index (κ2) is 6.70. The number of carbonyl (C=O) groups is 1. The first-order chi connectivity index (χ1) is 9.22. The van der Waals surface area contributed by atoms with Gasteiger partial charge in [0.05, 0.1) is 31.2 Å². The molecule has 0 saturated heterocycles. The van der Waals surface area contributed by atoms with Crippen molar-refractivity contribution in [2.75, 3.05) is 6.61 Å². The zero-order valence-electron chi connectivity index (χ0n) is 11.7. The minimum atomic E-state index is -0.321. The third kappa shape index (κ3) is 3.56. The highest BCUT2D eigenvalue weighted by atomic mass is 16.5. The number of esters is 1. The van der Waals surface area contributed by atoms with Gasteiger partial charge in [-0.25, -0.2) is 4.79 Å². The van der Waals surface area contributed by atoms with Crippen LogP contribution >= 0.6 is 0 Å². The summed E-state index contributed by atoms with van der Waals surface area (Å²) in [5.74, 6) is -0.321. The van der Waals surface area contributed by atoms with Crippen LogP contribution in [0, 0.1) is 0 Å². The summed E-state index contributed by atoms with van der Waals surface area (Å²) in [6, 6.07) is 0. The molecule has 19 heavy (non-hydrogen) atoms. The fraction of sp³-hybridized carbons (Fsp3) is 0.714. The Bertz CT molecular complexity index is 422. The zero-order valence-corrected chi connectivity index (χ0v) is 11.7. The summed E-state index contributed by atoms with van der Waals surface area (Å²) in [5.41, 5.74) is 1.31. The lowest BCUT2D eigenvalue weighted by Gasteiger charge is -2.22. The van der Waals surface area contributed by atoms with Gasteiger partial charge in [0.1, 0.15) is 5.56 Å². The summed E-state index contributed by atoms with van der Waals surface area (Å²) >= 11 is 0. The first-order valence-electron chi connectivity index (χ1n) is 7.02. The molecule has 1 heterocycles. The fourth-order valence-electron chi connectivity index (χ4n) is 2.44. The molecule has 1 saturated carbocycles. The standard InChI is InChI=1S/C14H22N2O3/c1-3-18-14(17)12-9-15-16(2)13(12)10-19-11-7-5-4-6-8-11/h9,11H,3-8,10H2,1-2H3. The van der Waals surface area contributed by atoms with E-state index in [2.05, 4.69) is 5.10 Å². The van der Waals surface area contributed by atoms with Crippen LogP contribution in [-0.4, -0.2) is 28.5 Å². The molecule has 1 aromatic heterocycles. The summed E-state index contributed by atoms with van der Waals surface area (Å²) in [6.45, 7) is 2.60. The van der Waals surface area contributed by atoms with Crippen molar-refractivity contribution in [3.8, 4) is 0 Å². The number of ether oxygens (including phenoxy) is 2. The number of carbonyl (C=O) groups excluding carboxylic acids is 1. The molecule has 0 atom stereocenters. The average Bonchev–Trinajstić information content (AvgIpc) is 2.79. The molecule has 1 aromatic rings. The molecule has 0 aromatic carbocycles. The van der Waals surface area contributed by atoms with Gasteiger partial charge in [-0.2, -0.15) is 5.10 Å². The first-order valence-corrected chi connectivity index (χ1v) is 7.02. The summed E-state index contributed by atoms with van der Waals surface area (Å²) in [4.78, 5) is 11.8. The first kappa shape index (κ1) is 14.1. The third-order valence-corrected chi connectivity index (χ3v) is 3.56. The predicted molar refractivity (Wildman–Crippen MR) is 70.8 cm³/mol. The normalized spacial score (nSPS) is 16.5. The summed E-state index contributed by atoms with van der Waals surface area (Å²) in [6.07, 6.45) is 7.89. The highest BCUT2D eigenvalue weighted by molar-refractivity contribution is 5.90. The van der Waals surface area contributed by atoms with E-state index in [-0.39, 0.29) is 5.97 Å². The Kier molecular flexibility index (Phi) is 4.96. The minimum absolute atomic E-state index is 0.318. The molecule has 0 bridgehead atoms. The van der Waals surface area contributed by atoms with Crippen molar-refractivity contribution in [2.24, 2.45) is 7.05 Å². The Labute approximate surface area is 113 Å². The van der Waals surface area contributed by atoms with Gasteiger partial charge in [-0.3, -0.25) is 4.68 Å². The molecule has 1 aliphatic rings. The van der Waals surface area contributed by atoms with Crippen LogP contribution < -0.4 is 0 Å². The van der Waals surface area contributed by atoms with Crippen molar-refractivity contribution >= 4 is 5.97 Å². The predicted octanol–water partition coefficient (Wildman–Crippen LogP) is 2.45. The second-order valence-electron chi connectivity index (χ2n) is 4.92. The maximum absolute atomic E-state index is 11.8. The van der Waals surface area contributed by atoms with Crippen molar-refractivity contribution in [1.82, 2.24) is 9.78 Å². The second-order valence-corrected chi connectivity index (χ2v) is 4.92. The van der Waals surface area contributed by atoms with Crippen LogP contribution in [0.4, 0.5) is 0 Å². The Morgan fingerprint density at radius 1 is 1.42 bits per heavy atom. The van der Waals surface area contributed by atoms with Gasteiger partial charge in [-0.05, 0) is 19.8 Å². The van der Waals surface area contributed by atoms with Gasteiger partial charge in [0, 0.05) is 7.05 Å². The van der Waals surface area contributed by atoms with E-state index in [9.17, 15) is 4.79 Å². The van der Waals surface area contributed by atoms with Crippen molar-refractivity contribution in [1.29, 1.82) is 0 Å². The summed E-state index contributed by atoms with van der Waals surface area (Å²) < 4.78 is 12.6. The Morgan fingerprint density at radius 2 is 2.16 bits per heavy atom. The quantitative estimate of drug-likeness (QED) is 0.768. The number of hydrogen-bond donors (Lipinski definition) is 0. The van der Waals surface area contributed by atoms with Crippen molar-refractivity contribution < 1.29 is 14.3 Å². The topological polar surface area (TPSA) is 53.3 Å². The van der Waals surface area contributed by atoms with E-state index in [1.165, 1.54) is 19.3 Å². The lowest BCUT2D eigenvalue weighted by Crippen LogP contribution is -2.18. The average molecular weight is 266 g/mol. The molecule has 0 spiro atoms. The molecule has 106 valence electrons. The van der Waals surface area contributed by atoms with E-state index >= 15 is 0 Å². The van der Waals surface area contributed by atoms with Gasteiger partial charge in [0.2, 0.25) is 0 Å². The molecule has 1 fully saturated rings. The Balaban J connectivity index is 1.98. The van der Waals surface area contributed by atoms with Gasteiger partial charge in [0.25, 0.3) is 0 Å². The van der Waals surface area contributed by atoms with E-state index in [1.54, 1.807) is 17.8 Å². The van der Waals surface area contributed by atoms with Crippen molar-refractivity contribution in [3.63, 3.8) is 0 Å². The van der Waals surface area contributed by atoms with Crippen LogP contribution in [0.25, 0.3) is 0 Å². The molecule has 0 amide bonds. The zero-order chi connectivity index (χ0) is 13.7. The Morgan fingerprint density at radius 3 is 2.84 bits per heavy atom. The summed E-state index contributed by atoms with van der Waals surface area (Å²) in [5, 5.41) is 4.12. The maximum Gasteiger partial charge on any atom is 0.341 e. The van der Waals surface area contributed by atoms with Crippen LogP contribution in [-0.2, 0) is 23.1 Å². The van der Waals surface area contributed by atoms with E-state index in [0.717, 1.165) is 18.5 Å². The highest BCUT2D eigenvalue weighted by Crippen LogP contribution is 2.22. The number of aromatic nitrogens is 2. The van der Waals surface area contributed by atoms with Gasteiger partial charge >= 0.3 is 5.97 Å². The lowest BCUT2D eigenvalue weighted by molar-refractivity contribution is 0.0129. The molecule has 0 aliphatic heterocycles. The molecule has 0 N–H and O–H groups in total. The minimum Gasteiger partial charge on any atom is -0.462 e. The number of rotatable bonds is 5. The maximum atomic E-state index is 11.8. The molecule has 2 rings (SSSR count). The van der Waals surface area contributed by atoms with Gasteiger partial charge in [-0.1, -0.05) is 19.3 Å². The van der Waals surface area contributed by atoms with Crippen LogP contribution in [0.1, 0.15) is 55.1 Å². The molecule has 5 heteroatoms. The molecular weight excluding hydrogens is 244 g/mol. The lowest BCUT2D eigenvalue weighted by atomic mass is 9.98. The smallest absolute Gasteiger partial charge is 0.341 e. The van der Waals surface area contributed by atoms with Gasteiger partial charge < -0.3 is 9.47 Å². The van der Waals surface area contributed by atoms with Crippen LogP contribution in [0.2, 0.25) is 0 Å². The van der Waals surface area contributed by atoms with Crippen LogP contribution in [0.5, 0.6) is 0 Å². The number of nitrogens with zero attached hydrogens (tertiary/aromatic N) is 2.